The monoisotopic (exact) mass is 201 g/mol. The molecule has 0 spiro atoms. The normalized spacial score (nSPS) is 11.6. The van der Waals surface area contributed by atoms with Crippen LogP contribution in [0.1, 0.15) is 25.8 Å². The van der Waals surface area contributed by atoms with E-state index in [0.29, 0.717) is 0 Å². The van der Waals surface area contributed by atoms with Crippen LogP contribution < -0.4 is 4.74 Å². The summed E-state index contributed by atoms with van der Waals surface area (Å²) in [6, 6.07) is 9.99. The van der Waals surface area contributed by atoms with Gasteiger partial charge in [-0.2, -0.15) is 5.26 Å². The number of ether oxygens (including phenoxy) is 1. The lowest BCUT2D eigenvalue weighted by Gasteiger charge is -2.08. The number of rotatable bonds is 3. The van der Waals surface area contributed by atoms with Crippen molar-refractivity contribution in [3.05, 3.63) is 35.4 Å². The summed E-state index contributed by atoms with van der Waals surface area (Å²) in [4.78, 5) is 0. The number of methoxy groups -OCH3 is 1. The minimum Gasteiger partial charge on any atom is -0.497 e. The second-order valence-electron chi connectivity index (χ2n) is 3.30. The molecule has 1 aromatic rings. The van der Waals surface area contributed by atoms with E-state index in [1.165, 1.54) is 0 Å². The highest BCUT2D eigenvalue weighted by Gasteiger charge is 2.04. The minimum absolute atomic E-state index is 0.769. The number of benzene rings is 1. The van der Waals surface area contributed by atoms with Crippen molar-refractivity contribution in [2.24, 2.45) is 0 Å². The van der Waals surface area contributed by atoms with Gasteiger partial charge in [0, 0.05) is 5.57 Å². The first kappa shape index (κ1) is 11.3. The fourth-order valence-corrected chi connectivity index (χ4v) is 1.56. The van der Waals surface area contributed by atoms with Crippen molar-refractivity contribution in [1.82, 2.24) is 0 Å². The third kappa shape index (κ3) is 2.60. The van der Waals surface area contributed by atoms with E-state index in [1.807, 2.05) is 31.2 Å². The van der Waals surface area contributed by atoms with E-state index in [2.05, 4.69) is 13.0 Å². The van der Waals surface area contributed by atoms with Crippen LogP contribution in [0.25, 0.3) is 5.57 Å². The molecule has 0 aromatic heterocycles. The van der Waals surface area contributed by atoms with Crippen LogP contribution in [-0.2, 0) is 0 Å². The first-order valence-corrected chi connectivity index (χ1v) is 4.97. The van der Waals surface area contributed by atoms with Crippen molar-refractivity contribution in [2.45, 2.75) is 20.3 Å². The lowest BCUT2D eigenvalue weighted by atomic mass is 9.99. The summed E-state index contributed by atoms with van der Waals surface area (Å²) in [6.07, 6.45) is 0.854. The fraction of sp³-hybridized carbons (Fsp3) is 0.308. The summed E-state index contributed by atoms with van der Waals surface area (Å²) in [5.41, 5.74) is 2.91. The molecule has 78 valence electrons. The maximum atomic E-state index is 8.88. The molecule has 0 atom stereocenters. The number of allylic oxidation sites excluding steroid dienone is 2. The topological polar surface area (TPSA) is 33.0 Å². The Bertz CT molecular complexity index is 413. The second kappa shape index (κ2) is 5.21. The summed E-state index contributed by atoms with van der Waals surface area (Å²) in [5, 5.41) is 8.88. The molecule has 0 fully saturated rings. The van der Waals surface area contributed by atoms with Gasteiger partial charge in [0.15, 0.2) is 0 Å². The van der Waals surface area contributed by atoms with Gasteiger partial charge < -0.3 is 4.74 Å². The third-order valence-corrected chi connectivity index (χ3v) is 2.39. The predicted octanol–water partition coefficient (Wildman–Crippen LogP) is 3.40. The van der Waals surface area contributed by atoms with Crippen LogP contribution in [0.2, 0.25) is 0 Å². The van der Waals surface area contributed by atoms with Crippen molar-refractivity contribution in [3.63, 3.8) is 0 Å². The van der Waals surface area contributed by atoms with Gasteiger partial charge in [-0.05, 0) is 36.6 Å². The highest BCUT2D eigenvalue weighted by Crippen LogP contribution is 2.25. The summed E-state index contributed by atoms with van der Waals surface area (Å²) >= 11 is 0. The van der Waals surface area contributed by atoms with Gasteiger partial charge in [0.2, 0.25) is 0 Å². The highest BCUT2D eigenvalue weighted by atomic mass is 16.5. The lowest BCUT2D eigenvalue weighted by Crippen LogP contribution is -1.89. The van der Waals surface area contributed by atoms with Gasteiger partial charge in [-0.1, -0.05) is 19.1 Å². The Hall–Kier alpha value is -1.75. The Morgan fingerprint density at radius 3 is 2.73 bits per heavy atom. The Balaban J connectivity index is 3.20. The molecule has 2 nitrogen and oxygen atoms in total. The summed E-state index contributed by atoms with van der Waals surface area (Å²) in [5.74, 6) is 0.823. The predicted molar refractivity (Wildman–Crippen MR) is 61.5 cm³/mol. The van der Waals surface area contributed by atoms with Crippen molar-refractivity contribution >= 4 is 5.57 Å². The molecule has 0 saturated heterocycles. The molecule has 0 amide bonds. The first-order valence-electron chi connectivity index (χ1n) is 4.97. The molecule has 0 radical (unpaired) electrons. The van der Waals surface area contributed by atoms with Crippen LogP contribution in [0.4, 0.5) is 0 Å². The summed E-state index contributed by atoms with van der Waals surface area (Å²) in [6.45, 7) is 3.90. The molecule has 0 bridgehead atoms. The van der Waals surface area contributed by atoms with E-state index < -0.39 is 0 Å². The van der Waals surface area contributed by atoms with Crippen LogP contribution in [0.15, 0.2) is 29.8 Å². The van der Waals surface area contributed by atoms with Gasteiger partial charge >= 0.3 is 0 Å². The van der Waals surface area contributed by atoms with Crippen molar-refractivity contribution < 1.29 is 4.74 Å². The highest BCUT2D eigenvalue weighted by molar-refractivity contribution is 5.71. The van der Waals surface area contributed by atoms with Crippen molar-refractivity contribution in [3.8, 4) is 11.8 Å². The molecule has 0 unspecified atom stereocenters. The second-order valence-corrected chi connectivity index (χ2v) is 3.30. The molecule has 0 N–H and O–H groups in total. The van der Waals surface area contributed by atoms with Gasteiger partial charge in [-0.15, -0.1) is 0 Å². The van der Waals surface area contributed by atoms with Gasteiger partial charge in [-0.25, -0.2) is 0 Å². The van der Waals surface area contributed by atoms with E-state index in [1.54, 1.807) is 7.11 Å². The molecule has 0 saturated carbocycles. The Morgan fingerprint density at radius 1 is 1.47 bits per heavy atom. The summed E-state index contributed by atoms with van der Waals surface area (Å²) < 4.78 is 5.16. The maximum Gasteiger partial charge on any atom is 0.119 e. The first-order chi connectivity index (χ1) is 7.22. The molecule has 2 heteroatoms. The molecule has 0 aliphatic rings. The number of nitriles is 1. The number of hydrogen-bond acceptors (Lipinski definition) is 2. The molecular formula is C13H15NO. The van der Waals surface area contributed by atoms with E-state index in [-0.39, 0.29) is 0 Å². The average Bonchev–Trinajstić information content (AvgIpc) is 2.30. The van der Waals surface area contributed by atoms with Gasteiger partial charge in [0.1, 0.15) is 5.75 Å². The average molecular weight is 201 g/mol. The van der Waals surface area contributed by atoms with Crippen LogP contribution in [0.5, 0.6) is 5.75 Å². The van der Waals surface area contributed by atoms with E-state index >= 15 is 0 Å². The van der Waals surface area contributed by atoms with Crippen LogP contribution in [0, 0.1) is 11.3 Å². The number of nitrogens with zero attached hydrogens (tertiary/aromatic N) is 1. The van der Waals surface area contributed by atoms with Crippen molar-refractivity contribution in [1.29, 1.82) is 5.26 Å². The van der Waals surface area contributed by atoms with E-state index in [4.69, 9.17) is 10.00 Å². The molecule has 1 aromatic carbocycles. The van der Waals surface area contributed by atoms with E-state index in [0.717, 1.165) is 28.9 Å². The van der Waals surface area contributed by atoms with E-state index in [9.17, 15) is 0 Å². The molecule has 0 heterocycles. The SMILES string of the molecule is CCC(=C(C)C#N)c1cccc(OC)c1. The zero-order valence-electron chi connectivity index (χ0n) is 9.37. The summed E-state index contributed by atoms with van der Waals surface area (Å²) in [7, 11) is 1.64. The van der Waals surface area contributed by atoms with Gasteiger partial charge in [0.25, 0.3) is 0 Å². The quantitative estimate of drug-likeness (QED) is 0.702. The zero-order chi connectivity index (χ0) is 11.3. The molecule has 0 aliphatic heterocycles. The van der Waals surface area contributed by atoms with Gasteiger partial charge in [0.05, 0.1) is 13.2 Å². The molecule has 0 aliphatic carbocycles. The minimum atomic E-state index is 0.769. The van der Waals surface area contributed by atoms with Crippen molar-refractivity contribution in [2.75, 3.05) is 7.11 Å². The molecule has 15 heavy (non-hydrogen) atoms. The maximum absolute atomic E-state index is 8.88. The largest absolute Gasteiger partial charge is 0.497 e. The Labute approximate surface area is 90.8 Å². The number of hydrogen-bond donors (Lipinski definition) is 0. The van der Waals surface area contributed by atoms with Crippen LogP contribution >= 0.6 is 0 Å². The Morgan fingerprint density at radius 2 is 2.20 bits per heavy atom. The standard InChI is InChI=1S/C13H15NO/c1-4-13(10(2)9-14)11-6-5-7-12(8-11)15-3/h5-8H,4H2,1-3H3. The molecular weight excluding hydrogens is 186 g/mol. The Kier molecular flexibility index (Phi) is 3.93. The zero-order valence-corrected chi connectivity index (χ0v) is 9.37. The van der Waals surface area contributed by atoms with Crippen LogP contribution in [-0.4, -0.2) is 7.11 Å². The fourth-order valence-electron chi connectivity index (χ4n) is 1.56. The lowest BCUT2D eigenvalue weighted by molar-refractivity contribution is 0.414. The third-order valence-electron chi connectivity index (χ3n) is 2.39. The van der Waals surface area contributed by atoms with Gasteiger partial charge in [-0.3, -0.25) is 0 Å². The molecule has 1 rings (SSSR count). The smallest absolute Gasteiger partial charge is 0.119 e. The van der Waals surface area contributed by atoms with Crippen LogP contribution in [0.3, 0.4) is 0 Å².